The lowest BCUT2D eigenvalue weighted by molar-refractivity contribution is -0.107. The molecular formula is C11H12O3. The molecule has 0 atom stereocenters. The number of hydrogen-bond donors (Lipinski definition) is 0. The van der Waals surface area contributed by atoms with Crippen LogP contribution in [0.3, 0.4) is 0 Å². The Morgan fingerprint density at radius 1 is 1.36 bits per heavy atom. The van der Waals surface area contributed by atoms with E-state index < -0.39 is 0 Å². The van der Waals surface area contributed by atoms with Crippen LogP contribution in [0.25, 0.3) is 0 Å². The molecule has 0 saturated heterocycles. The van der Waals surface area contributed by atoms with Crippen LogP contribution < -0.4 is 4.74 Å². The zero-order valence-electron chi connectivity index (χ0n) is 8.03. The summed E-state index contributed by atoms with van der Waals surface area (Å²) < 4.78 is 4.96. The molecule has 0 aromatic heterocycles. The van der Waals surface area contributed by atoms with Crippen LogP contribution >= 0.6 is 0 Å². The van der Waals surface area contributed by atoms with E-state index in [2.05, 4.69) is 0 Å². The van der Waals surface area contributed by atoms with Crippen LogP contribution in [0.1, 0.15) is 23.2 Å². The number of carbonyl (C=O) groups is 2. The second kappa shape index (κ2) is 5.17. The fourth-order valence-electron chi connectivity index (χ4n) is 1.11. The molecule has 0 aliphatic rings. The summed E-state index contributed by atoms with van der Waals surface area (Å²) in [5.41, 5.74) is 0.618. The van der Waals surface area contributed by atoms with Gasteiger partial charge in [-0.1, -0.05) is 0 Å². The fourth-order valence-corrected chi connectivity index (χ4v) is 1.11. The van der Waals surface area contributed by atoms with Gasteiger partial charge < -0.3 is 9.53 Å². The molecule has 14 heavy (non-hydrogen) atoms. The molecule has 3 nitrogen and oxygen atoms in total. The van der Waals surface area contributed by atoms with Crippen molar-refractivity contribution in [3.8, 4) is 5.75 Å². The van der Waals surface area contributed by atoms with Gasteiger partial charge in [0, 0.05) is 18.4 Å². The Hall–Kier alpha value is -1.64. The maximum Gasteiger partial charge on any atom is 0.163 e. The van der Waals surface area contributed by atoms with Crippen molar-refractivity contribution in [3.05, 3.63) is 29.8 Å². The average molecular weight is 192 g/mol. The first kappa shape index (κ1) is 10.4. The molecule has 0 radical (unpaired) electrons. The second-order valence-corrected chi connectivity index (χ2v) is 2.86. The number of carbonyl (C=O) groups excluding carboxylic acids is 2. The standard InChI is InChI=1S/C11H12O3/c1-14-10-6-4-9(5-7-10)11(13)3-2-8-12/h4-8H,2-3H2,1H3. The van der Waals surface area contributed by atoms with Gasteiger partial charge in [0.1, 0.15) is 12.0 Å². The highest BCUT2D eigenvalue weighted by Crippen LogP contribution is 2.12. The molecule has 0 amide bonds. The van der Waals surface area contributed by atoms with Crippen LogP contribution in [-0.2, 0) is 4.79 Å². The molecule has 74 valence electrons. The van der Waals surface area contributed by atoms with Crippen molar-refractivity contribution in [2.75, 3.05) is 7.11 Å². The number of hydrogen-bond acceptors (Lipinski definition) is 3. The van der Waals surface area contributed by atoms with Gasteiger partial charge in [0.2, 0.25) is 0 Å². The van der Waals surface area contributed by atoms with E-state index in [1.54, 1.807) is 31.4 Å². The maximum atomic E-state index is 11.4. The third-order valence-electron chi connectivity index (χ3n) is 1.90. The lowest BCUT2D eigenvalue weighted by atomic mass is 10.1. The van der Waals surface area contributed by atoms with E-state index >= 15 is 0 Å². The first-order valence-corrected chi connectivity index (χ1v) is 4.39. The Morgan fingerprint density at radius 2 is 2.00 bits per heavy atom. The molecule has 0 bridgehead atoms. The predicted molar refractivity (Wildman–Crippen MR) is 52.6 cm³/mol. The van der Waals surface area contributed by atoms with Gasteiger partial charge in [-0.3, -0.25) is 4.79 Å². The largest absolute Gasteiger partial charge is 0.497 e. The Kier molecular flexibility index (Phi) is 3.85. The minimum atomic E-state index is -0.0141. The molecule has 3 heteroatoms. The third kappa shape index (κ3) is 2.69. The van der Waals surface area contributed by atoms with E-state index in [1.165, 1.54) is 0 Å². The lowest BCUT2D eigenvalue weighted by Gasteiger charge is -2.01. The van der Waals surface area contributed by atoms with Crippen molar-refractivity contribution in [2.45, 2.75) is 12.8 Å². The predicted octanol–water partition coefficient (Wildman–Crippen LogP) is 1.86. The smallest absolute Gasteiger partial charge is 0.163 e. The highest BCUT2D eigenvalue weighted by atomic mass is 16.5. The lowest BCUT2D eigenvalue weighted by Crippen LogP contribution is -1.98. The minimum Gasteiger partial charge on any atom is -0.497 e. The molecule has 0 aliphatic carbocycles. The Bertz CT molecular complexity index is 314. The number of aldehydes is 1. The summed E-state index contributed by atoms with van der Waals surface area (Å²) in [7, 11) is 1.57. The van der Waals surface area contributed by atoms with Crippen molar-refractivity contribution in [3.63, 3.8) is 0 Å². The van der Waals surface area contributed by atoms with Crippen LogP contribution in [-0.4, -0.2) is 19.2 Å². The number of methoxy groups -OCH3 is 1. The summed E-state index contributed by atoms with van der Waals surface area (Å²) in [6, 6.07) is 6.86. The number of rotatable bonds is 5. The Labute approximate surface area is 82.7 Å². The Balaban J connectivity index is 2.66. The summed E-state index contributed by atoms with van der Waals surface area (Å²) in [5, 5.41) is 0. The number of ether oxygens (including phenoxy) is 1. The quantitative estimate of drug-likeness (QED) is 0.528. The molecular weight excluding hydrogens is 180 g/mol. The molecule has 0 unspecified atom stereocenters. The second-order valence-electron chi connectivity index (χ2n) is 2.86. The van der Waals surface area contributed by atoms with Gasteiger partial charge in [0.05, 0.1) is 7.11 Å². The zero-order chi connectivity index (χ0) is 10.4. The molecule has 1 aromatic carbocycles. The highest BCUT2D eigenvalue weighted by molar-refractivity contribution is 5.96. The van der Waals surface area contributed by atoms with E-state index in [9.17, 15) is 9.59 Å². The summed E-state index contributed by atoms with van der Waals surface area (Å²) in [5.74, 6) is 0.705. The van der Waals surface area contributed by atoms with Gasteiger partial charge >= 0.3 is 0 Å². The van der Waals surface area contributed by atoms with Crippen LogP contribution in [0, 0.1) is 0 Å². The van der Waals surface area contributed by atoms with Crippen molar-refractivity contribution in [2.24, 2.45) is 0 Å². The summed E-state index contributed by atoms with van der Waals surface area (Å²) in [6.07, 6.45) is 1.31. The monoisotopic (exact) mass is 192 g/mol. The van der Waals surface area contributed by atoms with Gasteiger partial charge in [-0.25, -0.2) is 0 Å². The van der Waals surface area contributed by atoms with Crippen molar-refractivity contribution in [1.82, 2.24) is 0 Å². The average Bonchev–Trinajstić information content (AvgIpc) is 2.26. The molecule has 0 heterocycles. The zero-order valence-corrected chi connectivity index (χ0v) is 8.03. The molecule has 1 rings (SSSR count). The van der Waals surface area contributed by atoms with E-state index in [4.69, 9.17) is 4.74 Å². The number of benzene rings is 1. The number of Topliss-reactive ketones (excluding diaryl/α,β-unsaturated/α-hetero) is 1. The van der Waals surface area contributed by atoms with E-state index in [-0.39, 0.29) is 18.6 Å². The van der Waals surface area contributed by atoms with Crippen LogP contribution in [0.4, 0.5) is 0 Å². The van der Waals surface area contributed by atoms with Crippen LogP contribution in [0.15, 0.2) is 24.3 Å². The van der Waals surface area contributed by atoms with Crippen molar-refractivity contribution >= 4 is 12.1 Å². The van der Waals surface area contributed by atoms with Gasteiger partial charge in [-0.2, -0.15) is 0 Å². The van der Waals surface area contributed by atoms with Crippen LogP contribution in [0.2, 0.25) is 0 Å². The molecule has 0 spiro atoms. The number of ketones is 1. The van der Waals surface area contributed by atoms with Crippen LogP contribution in [0.5, 0.6) is 5.75 Å². The van der Waals surface area contributed by atoms with Gasteiger partial charge in [0.25, 0.3) is 0 Å². The summed E-state index contributed by atoms with van der Waals surface area (Å²) in [4.78, 5) is 21.5. The van der Waals surface area contributed by atoms with E-state index in [1.807, 2.05) is 0 Å². The normalized spacial score (nSPS) is 9.50. The molecule has 0 saturated carbocycles. The van der Waals surface area contributed by atoms with E-state index in [0.29, 0.717) is 5.56 Å². The minimum absolute atomic E-state index is 0.0141. The first-order valence-electron chi connectivity index (χ1n) is 4.39. The van der Waals surface area contributed by atoms with Gasteiger partial charge in [-0.05, 0) is 24.3 Å². The molecule has 1 aromatic rings. The first-order chi connectivity index (χ1) is 6.77. The molecule has 0 fully saturated rings. The maximum absolute atomic E-state index is 11.4. The summed E-state index contributed by atoms with van der Waals surface area (Å²) >= 11 is 0. The topological polar surface area (TPSA) is 43.4 Å². The molecule has 0 N–H and O–H groups in total. The summed E-state index contributed by atoms with van der Waals surface area (Å²) in [6.45, 7) is 0. The van der Waals surface area contributed by atoms with Gasteiger partial charge in [0.15, 0.2) is 5.78 Å². The van der Waals surface area contributed by atoms with Gasteiger partial charge in [-0.15, -0.1) is 0 Å². The highest BCUT2D eigenvalue weighted by Gasteiger charge is 2.04. The fraction of sp³-hybridized carbons (Fsp3) is 0.273. The SMILES string of the molecule is COc1ccc(C(=O)CCC=O)cc1. The molecule has 0 aliphatic heterocycles. The third-order valence-corrected chi connectivity index (χ3v) is 1.90. The Morgan fingerprint density at radius 3 is 2.50 bits per heavy atom. The van der Waals surface area contributed by atoms with E-state index in [0.717, 1.165) is 12.0 Å². The van der Waals surface area contributed by atoms with Crippen molar-refractivity contribution < 1.29 is 14.3 Å². The van der Waals surface area contributed by atoms with Crippen molar-refractivity contribution in [1.29, 1.82) is 0 Å².